The van der Waals surface area contributed by atoms with Gasteiger partial charge in [-0.3, -0.25) is 4.79 Å². The number of rotatable bonds is 2. The number of carbonyl (C=O) groups excluding carboxylic acids is 1. The summed E-state index contributed by atoms with van der Waals surface area (Å²) in [5.41, 5.74) is 5.98. The highest BCUT2D eigenvalue weighted by Crippen LogP contribution is 2.04. The third-order valence-corrected chi connectivity index (χ3v) is 1.39. The summed E-state index contributed by atoms with van der Waals surface area (Å²) in [5.74, 6) is -0.0920. The summed E-state index contributed by atoms with van der Waals surface area (Å²) in [6.45, 7) is 1.61. The monoisotopic (exact) mass is 148 g/mol. The Morgan fingerprint density at radius 3 is 2.27 bits per heavy atom. The Bertz CT molecular complexity index is 241. The van der Waals surface area contributed by atoms with Gasteiger partial charge in [-0.15, -0.1) is 0 Å². The van der Waals surface area contributed by atoms with E-state index >= 15 is 0 Å². The van der Waals surface area contributed by atoms with E-state index in [4.69, 9.17) is 5.73 Å². The molecule has 0 unspecified atom stereocenters. The van der Waals surface area contributed by atoms with Crippen molar-refractivity contribution >= 4 is 5.78 Å². The molecule has 1 aromatic rings. The molecular weight excluding hydrogens is 138 g/mol. The van der Waals surface area contributed by atoms with Crippen molar-refractivity contribution < 1.29 is 4.79 Å². The molecule has 0 saturated heterocycles. The van der Waals surface area contributed by atoms with Crippen molar-refractivity contribution in [2.75, 3.05) is 0 Å². The second-order valence-electron chi connectivity index (χ2n) is 2.38. The van der Waals surface area contributed by atoms with Crippen LogP contribution in [0.15, 0.2) is 30.3 Å². The largest absolute Gasteiger partial charge is 0.317 e. The fourth-order valence-electron chi connectivity index (χ4n) is 0.817. The molecule has 57 valence electrons. The molecule has 0 aliphatic carbocycles. The van der Waals surface area contributed by atoms with E-state index in [1.54, 1.807) is 19.1 Å². The van der Waals surface area contributed by atoms with Crippen LogP contribution in [-0.2, 0) is 0 Å². The lowest BCUT2D eigenvalue weighted by Gasteiger charge is -2.01. The first-order valence-corrected chi connectivity index (χ1v) is 3.40. The number of nitrogens with two attached hydrogens (primary N) is 1. The van der Waals surface area contributed by atoms with Crippen molar-refractivity contribution in [3.63, 3.8) is 0 Å². The quantitative estimate of drug-likeness (QED) is 0.644. The van der Waals surface area contributed by atoms with Crippen LogP contribution in [0.2, 0.25) is 0 Å². The van der Waals surface area contributed by atoms with E-state index < -0.39 is 0 Å². The second kappa shape index (κ2) is 3.30. The zero-order valence-corrected chi connectivity index (χ0v) is 6.37. The van der Waals surface area contributed by atoms with E-state index in [1.807, 2.05) is 18.2 Å². The smallest absolute Gasteiger partial charge is 0.184 e. The molecule has 0 fully saturated rings. The van der Waals surface area contributed by atoms with Crippen LogP contribution in [0.5, 0.6) is 0 Å². The standard InChI is InChI=1S/C9H10NO/c1-7(10)9(11)8-5-3-2-4-6-8/h2-6H,10H2,1H3. The van der Waals surface area contributed by atoms with Gasteiger partial charge in [-0.05, 0) is 6.92 Å². The molecule has 0 aliphatic rings. The van der Waals surface area contributed by atoms with Gasteiger partial charge in [-0.25, -0.2) is 0 Å². The maximum absolute atomic E-state index is 11.2. The Morgan fingerprint density at radius 2 is 1.82 bits per heavy atom. The van der Waals surface area contributed by atoms with E-state index in [2.05, 4.69) is 0 Å². The maximum Gasteiger partial charge on any atom is 0.184 e. The Morgan fingerprint density at radius 1 is 1.27 bits per heavy atom. The number of Topliss-reactive ketones (excluding diaryl/α,β-unsaturated/α-hetero) is 1. The summed E-state index contributed by atoms with van der Waals surface area (Å²) in [6.07, 6.45) is 0. The topological polar surface area (TPSA) is 43.1 Å². The van der Waals surface area contributed by atoms with Crippen LogP contribution in [0.25, 0.3) is 0 Å². The third-order valence-electron chi connectivity index (χ3n) is 1.39. The molecule has 0 atom stereocenters. The molecule has 1 rings (SSSR count). The number of benzene rings is 1. The maximum atomic E-state index is 11.2. The van der Waals surface area contributed by atoms with Crippen molar-refractivity contribution in [2.24, 2.45) is 5.73 Å². The van der Waals surface area contributed by atoms with Gasteiger partial charge < -0.3 is 5.73 Å². The first-order chi connectivity index (χ1) is 5.22. The molecule has 2 nitrogen and oxygen atoms in total. The molecular formula is C9H10NO. The number of hydrogen-bond donors (Lipinski definition) is 1. The Kier molecular flexibility index (Phi) is 2.39. The summed E-state index contributed by atoms with van der Waals surface area (Å²) >= 11 is 0. The van der Waals surface area contributed by atoms with E-state index in [-0.39, 0.29) is 5.78 Å². The van der Waals surface area contributed by atoms with Crippen LogP contribution < -0.4 is 5.73 Å². The summed E-state index contributed by atoms with van der Waals surface area (Å²) < 4.78 is 0. The van der Waals surface area contributed by atoms with E-state index in [9.17, 15) is 4.79 Å². The molecule has 1 radical (unpaired) electrons. The van der Waals surface area contributed by atoms with Gasteiger partial charge >= 0.3 is 0 Å². The highest BCUT2D eigenvalue weighted by atomic mass is 16.1. The summed E-state index contributed by atoms with van der Waals surface area (Å²) in [5, 5.41) is 0. The van der Waals surface area contributed by atoms with Crippen molar-refractivity contribution in [1.82, 2.24) is 0 Å². The Balaban J connectivity index is 2.86. The predicted molar refractivity (Wildman–Crippen MR) is 43.9 cm³/mol. The van der Waals surface area contributed by atoms with Gasteiger partial charge in [0.15, 0.2) is 5.78 Å². The average molecular weight is 148 g/mol. The van der Waals surface area contributed by atoms with Crippen LogP contribution in [0.3, 0.4) is 0 Å². The van der Waals surface area contributed by atoms with Crippen molar-refractivity contribution in [3.8, 4) is 0 Å². The molecule has 0 heterocycles. The molecule has 0 saturated carbocycles. The van der Waals surface area contributed by atoms with E-state index in [0.29, 0.717) is 11.6 Å². The van der Waals surface area contributed by atoms with Gasteiger partial charge in [0.05, 0.1) is 0 Å². The van der Waals surface area contributed by atoms with Crippen LogP contribution in [0.4, 0.5) is 0 Å². The predicted octanol–water partition coefficient (Wildman–Crippen LogP) is 1.38. The zero-order chi connectivity index (χ0) is 8.27. The highest BCUT2D eigenvalue weighted by Gasteiger charge is 2.09. The zero-order valence-electron chi connectivity index (χ0n) is 6.37. The first kappa shape index (κ1) is 7.95. The van der Waals surface area contributed by atoms with Crippen LogP contribution >= 0.6 is 0 Å². The molecule has 11 heavy (non-hydrogen) atoms. The minimum atomic E-state index is -0.0920. The first-order valence-electron chi connectivity index (χ1n) is 3.40. The van der Waals surface area contributed by atoms with Gasteiger partial charge in [-0.2, -0.15) is 0 Å². The van der Waals surface area contributed by atoms with Gasteiger partial charge in [0.2, 0.25) is 0 Å². The number of carbonyl (C=O) groups is 1. The molecule has 0 aliphatic heterocycles. The molecule has 0 bridgehead atoms. The minimum Gasteiger partial charge on any atom is -0.317 e. The molecule has 0 amide bonds. The van der Waals surface area contributed by atoms with E-state index in [0.717, 1.165) is 0 Å². The molecule has 0 aromatic heterocycles. The van der Waals surface area contributed by atoms with Gasteiger partial charge in [0.1, 0.15) is 6.04 Å². The molecule has 2 heteroatoms. The van der Waals surface area contributed by atoms with Crippen molar-refractivity contribution in [2.45, 2.75) is 6.92 Å². The van der Waals surface area contributed by atoms with Gasteiger partial charge in [0, 0.05) is 5.56 Å². The second-order valence-corrected chi connectivity index (χ2v) is 2.38. The normalized spacial score (nSPS) is 10.1. The van der Waals surface area contributed by atoms with Gasteiger partial charge in [-0.1, -0.05) is 30.3 Å². The lowest BCUT2D eigenvalue weighted by Crippen LogP contribution is -2.17. The molecule has 1 aromatic carbocycles. The third kappa shape index (κ3) is 1.88. The van der Waals surface area contributed by atoms with Crippen molar-refractivity contribution in [3.05, 3.63) is 41.9 Å². The summed E-state index contributed by atoms with van der Waals surface area (Å²) in [6, 6.07) is 9.32. The number of hydrogen-bond acceptors (Lipinski definition) is 2. The average Bonchev–Trinajstić information content (AvgIpc) is 2.05. The minimum absolute atomic E-state index is 0.0920. The lowest BCUT2D eigenvalue weighted by atomic mass is 10.1. The number of ketones is 1. The van der Waals surface area contributed by atoms with Crippen LogP contribution in [-0.4, -0.2) is 5.78 Å². The van der Waals surface area contributed by atoms with Gasteiger partial charge in [0.25, 0.3) is 0 Å². The summed E-state index contributed by atoms with van der Waals surface area (Å²) in [7, 11) is 0. The Hall–Kier alpha value is -1.15. The fourth-order valence-corrected chi connectivity index (χ4v) is 0.817. The molecule has 2 N–H and O–H groups in total. The summed E-state index contributed by atoms with van der Waals surface area (Å²) in [4.78, 5) is 11.2. The fraction of sp³-hybridized carbons (Fsp3) is 0.111. The lowest BCUT2D eigenvalue weighted by molar-refractivity contribution is 0.100. The SMILES string of the molecule is C[C](N)C(=O)c1ccccc1. The van der Waals surface area contributed by atoms with Crippen molar-refractivity contribution in [1.29, 1.82) is 0 Å². The van der Waals surface area contributed by atoms with Crippen LogP contribution in [0.1, 0.15) is 17.3 Å². The van der Waals surface area contributed by atoms with Crippen LogP contribution in [0, 0.1) is 6.04 Å². The Labute approximate surface area is 66.0 Å². The highest BCUT2D eigenvalue weighted by molar-refractivity contribution is 6.05. The van der Waals surface area contributed by atoms with E-state index in [1.165, 1.54) is 0 Å². The molecule has 0 spiro atoms.